The number of aromatic nitrogens is 2. The minimum Gasteiger partial charge on any atom is -0.382 e. The molecule has 0 aromatic carbocycles. The Hall–Kier alpha value is -0.990. The van der Waals surface area contributed by atoms with Crippen molar-refractivity contribution in [2.24, 2.45) is 5.92 Å². The van der Waals surface area contributed by atoms with Crippen LogP contribution in [0.2, 0.25) is 0 Å². The second kappa shape index (κ2) is 1.44. The smallest absolute Gasteiger partial charge is 0.145 e. The monoisotopic (exact) mass is 149 g/mol. The molecular formula is C8H11N3. The quantitative estimate of drug-likeness (QED) is 0.627. The highest BCUT2D eigenvalue weighted by molar-refractivity contribution is 5.37. The largest absolute Gasteiger partial charge is 0.382 e. The normalized spacial score (nSPS) is 39.5. The zero-order valence-corrected chi connectivity index (χ0v) is 6.30. The number of hydrogen-bond donors (Lipinski definition) is 2. The van der Waals surface area contributed by atoms with Crippen molar-refractivity contribution in [3.05, 3.63) is 11.8 Å². The van der Waals surface area contributed by atoms with Crippen molar-refractivity contribution in [2.45, 2.75) is 24.7 Å². The van der Waals surface area contributed by atoms with Crippen LogP contribution in [0.3, 0.4) is 0 Å². The minimum atomic E-state index is 0.481. The zero-order valence-electron chi connectivity index (χ0n) is 6.30. The van der Waals surface area contributed by atoms with Gasteiger partial charge in [-0.1, -0.05) is 0 Å². The van der Waals surface area contributed by atoms with E-state index >= 15 is 0 Å². The summed E-state index contributed by atoms with van der Waals surface area (Å²) in [5.74, 6) is 1.64. The number of H-pyrrole nitrogens is 1. The first-order chi connectivity index (χ1) is 5.28. The van der Waals surface area contributed by atoms with Crippen LogP contribution in [0.4, 0.5) is 5.82 Å². The average Bonchev–Trinajstić information content (AvgIpc) is 2.06. The summed E-state index contributed by atoms with van der Waals surface area (Å²) in [4.78, 5) is 0. The van der Waals surface area contributed by atoms with Crippen LogP contribution in [0.25, 0.3) is 0 Å². The van der Waals surface area contributed by atoms with Crippen LogP contribution in [0.15, 0.2) is 6.07 Å². The molecule has 2 bridgehead atoms. The maximum Gasteiger partial charge on any atom is 0.145 e. The van der Waals surface area contributed by atoms with E-state index in [2.05, 4.69) is 10.2 Å². The van der Waals surface area contributed by atoms with E-state index in [4.69, 9.17) is 5.73 Å². The van der Waals surface area contributed by atoms with Crippen LogP contribution in [0, 0.1) is 5.92 Å². The van der Waals surface area contributed by atoms with Crippen molar-refractivity contribution in [3.63, 3.8) is 0 Å². The van der Waals surface area contributed by atoms with Gasteiger partial charge in [0.2, 0.25) is 0 Å². The van der Waals surface area contributed by atoms with Crippen LogP contribution >= 0.6 is 0 Å². The van der Waals surface area contributed by atoms with Crippen LogP contribution < -0.4 is 5.73 Å². The summed E-state index contributed by atoms with van der Waals surface area (Å²) in [7, 11) is 0. The van der Waals surface area contributed by atoms with Gasteiger partial charge >= 0.3 is 0 Å². The molecule has 1 aromatic heterocycles. The second-order valence-corrected chi connectivity index (χ2v) is 3.97. The van der Waals surface area contributed by atoms with Gasteiger partial charge in [-0.05, 0) is 25.2 Å². The lowest BCUT2D eigenvalue weighted by atomic mass is 9.43. The number of nitrogen functional groups attached to an aromatic ring is 1. The molecule has 0 radical (unpaired) electrons. The van der Waals surface area contributed by atoms with Crippen molar-refractivity contribution in [1.29, 1.82) is 0 Å². The first kappa shape index (κ1) is 5.63. The van der Waals surface area contributed by atoms with Gasteiger partial charge in [0.1, 0.15) is 5.82 Å². The average molecular weight is 149 g/mol. The number of nitrogens with two attached hydrogens (primary N) is 1. The summed E-state index contributed by atoms with van der Waals surface area (Å²) in [6, 6.07) is 1.98. The van der Waals surface area contributed by atoms with Gasteiger partial charge in [0.25, 0.3) is 0 Å². The van der Waals surface area contributed by atoms with E-state index in [0.29, 0.717) is 11.2 Å². The van der Waals surface area contributed by atoms with Gasteiger partial charge in [-0.3, -0.25) is 5.10 Å². The second-order valence-electron chi connectivity index (χ2n) is 3.97. The lowest BCUT2D eigenvalue weighted by molar-refractivity contribution is -0.0308. The highest BCUT2D eigenvalue weighted by atomic mass is 15.2. The summed E-state index contributed by atoms with van der Waals surface area (Å²) >= 11 is 0. The molecule has 0 atom stereocenters. The molecule has 0 saturated heterocycles. The standard InChI is InChI=1S/C8H11N3/c9-7-1-6(10-11-7)8-2-5(3-8)4-8/h1,5H,2-4H2,(H3,9,10,11). The third kappa shape index (κ3) is 0.526. The Balaban J connectivity index is 1.99. The number of nitrogens with zero attached hydrogens (tertiary/aromatic N) is 1. The van der Waals surface area contributed by atoms with Crippen LogP contribution in [-0.4, -0.2) is 10.2 Å². The fraction of sp³-hybridized carbons (Fsp3) is 0.625. The van der Waals surface area contributed by atoms with Gasteiger partial charge in [-0.2, -0.15) is 5.10 Å². The lowest BCUT2D eigenvalue weighted by Gasteiger charge is -2.61. The number of rotatable bonds is 1. The highest BCUT2D eigenvalue weighted by Crippen LogP contribution is 2.64. The highest BCUT2D eigenvalue weighted by Gasteiger charge is 2.58. The number of nitrogens with one attached hydrogen (secondary N) is 1. The molecule has 1 aromatic rings. The molecule has 4 rings (SSSR count). The lowest BCUT2D eigenvalue weighted by Crippen LogP contribution is -2.55. The van der Waals surface area contributed by atoms with Gasteiger partial charge in [-0.25, -0.2) is 0 Å². The van der Waals surface area contributed by atoms with E-state index in [1.807, 2.05) is 6.07 Å². The number of anilines is 1. The number of hydrogen-bond acceptors (Lipinski definition) is 2. The first-order valence-corrected chi connectivity index (χ1v) is 4.10. The number of aromatic amines is 1. The van der Waals surface area contributed by atoms with E-state index in [9.17, 15) is 0 Å². The molecule has 3 N–H and O–H groups in total. The first-order valence-electron chi connectivity index (χ1n) is 4.10. The Labute approximate surface area is 65.0 Å². The Morgan fingerprint density at radius 2 is 2.27 bits per heavy atom. The molecule has 58 valence electrons. The third-order valence-electron chi connectivity index (χ3n) is 3.21. The molecule has 0 aliphatic heterocycles. The topological polar surface area (TPSA) is 54.7 Å². The Morgan fingerprint density at radius 3 is 2.64 bits per heavy atom. The predicted octanol–water partition coefficient (Wildman–Crippen LogP) is 1.04. The molecule has 3 saturated carbocycles. The molecule has 1 heterocycles. The molecule has 3 heteroatoms. The fourth-order valence-electron chi connectivity index (χ4n) is 2.42. The molecular weight excluding hydrogens is 138 g/mol. The van der Waals surface area contributed by atoms with E-state index in [1.165, 1.54) is 25.0 Å². The summed E-state index contributed by atoms with van der Waals surface area (Å²) in [5.41, 5.74) is 7.27. The third-order valence-corrected chi connectivity index (χ3v) is 3.21. The Morgan fingerprint density at radius 1 is 1.55 bits per heavy atom. The minimum absolute atomic E-state index is 0.481. The molecule has 0 amide bonds. The molecule has 3 fully saturated rings. The van der Waals surface area contributed by atoms with Crippen molar-refractivity contribution < 1.29 is 0 Å². The Bertz CT molecular complexity index is 285. The van der Waals surface area contributed by atoms with Crippen LogP contribution in [0.1, 0.15) is 25.0 Å². The van der Waals surface area contributed by atoms with Gasteiger partial charge < -0.3 is 5.73 Å². The summed E-state index contributed by atoms with van der Waals surface area (Å²) in [6.07, 6.45) is 4.07. The summed E-state index contributed by atoms with van der Waals surface area (Å²) in [6.45, 7) is 0. The van der Waals surface area contributed by atoms with E-state index in [0.717, 1.165) is 5.92 Å². The van der Waals surface area contributed by atoms with Gasteiger partial charge in [0.15, 0.2) is 0 Å². The van der Waals surface area contributed by atoms with Gasteiger partial charge in [-0.15, -0.1) is 0 Å². The molecule has 11 heavy (non-hydrogen) atoms. The van der Waals surface area contributed by atoms with E-state index < -0.39 is 0 Å². The SMILES string of the molecule is Nc1cc(C23CC(C2)C3)[nH]n1. The van der Waals surface area contributed by atoms with Crippen molar-refractivity contribution in [3.8, 4) is 0 Å². The maximum atomic E-state index is 5.53. The predicted molar refractivity (Wildman–Crippen MR) is 42.0 cm³/mol. The molecule has 3 aliphatic rings. The Kier molecular flexibility index (Phi) is 0.739. The fourth-order valence-corrected chi connectivity index (χ4v) is 2.42. The summed E-state index contributed by atoms with van der Waals surface area (Å²) in [5, 5.41) is 6.95. The van der Waals surface area contributed by atoms with Crippen LogP contribution in [-0.2, 0) is 5.41 Å². The zero-order chi connectivity index (χ0) is 7.47. The van der Waals surface area contributed by atoms with E-state index in [1.54, 1.807) is 0 Å². The molecule has 0 unspecified atom stereocenters. The molecule has 0 spiro atoms. The molecule has 3 aliphatic carbocycles. The van der Waals surface area contributed by atoms with E-state index in [-0.39, 0.29) is 0 Å². The molecule has 3 nitrogen and oxygen atoms in total. The maximum absolute atomic E-state index is 5.53. The van der Waals surface area contributed by atoms with Gasteiger partial charge in [0, 0.05) is 17.2 Å². The van der Waals surface area contributed by atoms with Gasteiger partial charge in [0.05, 0.1) is 0 Å². The van der Waals surface area contributed by atoms with Crippen molar-refractivity contribution in [2.75, 3.05) is 5.73 Å². The van der Waals surface area contributed by atoms with Crippen molar-refractivity contribution >= 4 is 5.82 Å². The van der Waals surface area contributed by atoms with Crippen molar-refractivity contribution in [1.82, 2.24) is 10.2 Å². The summed E-state index contributed by atoms with van der Waals surface area (Å²) < 4.78 is 0. The van der Waals surface area contributed by atoms with Crippen LogP contribution in [0.5, 0.6) is 0 Å².